The van der Waals surface area contributed by atoms with Crippen LogP contribution in [0.15, 0.2) is 0 Å². The van der Waals surface area contributed by atoms with E-state index in [0.29, 0.717) is 6.42 Å². The van der Waals surface area contributed by atoms with Gasteiger partial charge in [0.1, 0.15) is 0 Å². The van der Waals surface area contributed by atoms with E-state index in [4.69, 9.17) is 0 Å². The van der Waals surface area contributed by atoms with Crippen molar-refractivity contribution in [2.24, 2.45) is 11.3 Å². The van der Waals surface area contributed by atoms with Crippen molar-refractivity contribution in [3.63, 3.8) is 0 Å². The van der Waals surface area contributed by atoms with Gasteiger partial charge in [-0.15, -0.1) is 0 Å². The molecule has 0 spiro atoms. The highest BCUT2D eigenvalue weighted by atomic mass is 16.1. The van der Waals surface area contributed by atoms with Gasteiger partial charge in [-0.25, -0.2) is 0 Å². The molecule has 1 rings (SSSR count). The predicted octanol–water partition coefficient (Wildman–Crippen LogP) is 2.32. The second kappa shape index (κ2) is 7.00. The summed E-state index contributed by atoms with van der Waals surface area (Å²) in [4.78, 5) is 11.7. The Labute approximate surface area is 106 Å². The molecule has 0 saturated heterocycles. The van der Waals surface area contributed by atoms with Crippen LogP contribution < -0.4 is 10.6 Å². The monoisotopic (exact) mass is 240 g/mol. The van der Waals surface area contributed by atoms with E-state index in [-0.39, 0.29) is 11.3 Å². The standard InChI is InChI=1S/C14H28N2O/c1-14(2,10-15-3)11-16-13(17)9-5-8-12-6-4-7-12/h12,15H,4-11H2,1-3H3,(H,16,17). The van der Waals surface area contributed by atoms with Crippen LogP contribution in [-0.2, 0) is 4.79 Å². The highest BCUT2D eigenvalue weighted by molar-refractivity contribution is 5.75. The number of amides is 1. The van der Waals surface area contributed by atoms with Gasteiger partial charge in [0.15, 0.2) is 0 Å². The zero-order valence-electron chi connectivity index (χ0n) is 11.6. The Morgan fingerprint density at radius 1 is 1.29 bits per heavy atom. The molecule has 1 aliphatic carbocycles. The molecule has 2 N–H and O–H groups in total. The van der Waals surface area contributed by atoms with Crippen LogP contribution in [0.1, 0.15) is 52.4 Å². The zero-order chi connectivity index (χ0) is 12.7. The lowest BCUT2D eigenvalue weighted by Crippen LogP contribution is -2.39. The van der Waals surface area contributed by atoms with Crippen molar-refractivity contribution in [2.45, 2.75) is 52.4 Å². The SMILES string of the molecule is CNCC(C)(C)CNC(=O)CCCC1CCC1. The fraction of sp³-hybridized carbons (Fsp3) is 0.929. The van der Waals surface area contributed by atoms with Gasteiger partial charge in [-0.1, -0.05) is 33.1 Å². The molecule has 0 aliphatic heterocycles. The number of nitrogens with one attached hydrogen (secondary N) is 2. The summed E-state index contributed by atoms with van der Waals surface area (Å²) in [7, 11) is 1.95. The maximum atomic E-state index is 11.7. The average molecular weight is 240 g/mol. The molecule has 0 aromatic heterocycles. The van der Waals surface area contributed by atoms with E-state index in [1.54, 1.807) is 0 Å². The molecule has 0 bridgehead atoms. The summed E-state index contributed by atoms with van der Waals surface area (Å²) in [6.45, 7) is 6.02. The molecular weight excluding hydrogens is 212 g/mol. The molecule has 0 radical (unpaired) electrons. The van der Waals surface area contributed by atoms with Gasteiger partial charge in [0.05, 0.1) is 0 Å². The van der Waals surface area contributed by atoms with Gasteiger partial charge in [-0.05, 0) is 31.2 Å². The van der Waals surface area contributed by atoms with Crippen LogP contribution in [0.3, 0.4) is 0 Å². The molecule has 0 unspecified atom stereocenters. The molecule has 3 nitrogen and oxygen atoms in total. The van der Waals surface area contributed by atoms with Crippen LogP contribution in [0.5, 0.6) is 0 Å². The third-order valence-corrected chi connectivity index (χ3v) is 3.66. The zero-order valence-corrected chi connectivity index (χ0v) is 11.6. The fourth-order valence-corrected chi connectivity index (χ4v) is 2.30. The topological polar surface area (TPSA) is 41.1 Å². The molecule has 1 saturated carbocycles. The first-order chi connectivity index (χ1) is 8.03. The summed E-state index contributed by atoms with van der Waals surface area (Å²) in [5.41, 5.74) is 0.137. The highest BCUT2D eigenvalue weighted by Gasteiger charge is 2.19. The van der Waals surface area contributed by atoms with Crippen LogP contribution in [-0.4, -0.2) is 26.0 Å². The second-order valence-electron chi connectivity index (χ2n) is 6.16. The lowest BCUT2D eigenvalue weighted by molar-refractivity contribution is -0.121. The third-order valence-electron chi connectivity index (χ3n) is 3.66. The van der Waals surface area contributed by atoms with Crippen molar-refractivity contribution in [3.05, 3.63) is 0 Å². The number of rotatable bonds is 8. The maximum Gasteiger partial charge on any atom is 0.220 e. The molecule has 1 fully saturated rings. The van der Waals surface area contributed by atoms with Crippen molar-refractivity contribution in [1.29, 1.82) is 0 Å². The number of hydrogen-bond donors (Lipinski definition) is 2. The van der Waals surface area contributed by atoms with Crippen molar-refractivity contribution < 1.29 is 4.79 Å². The Morgan fingerprint density at radius 3 is 2.53 bits per heavy atom. The summed E-state index contributed by atoms with van der Waals surface area (Å²) in [5.74, 6) is 1.14. The molecule has 0 aromatic carbocycles. The van der Waals surface area contributed by atoms with Crippen molar-refractivity contribution in [3.8, 4) is 0 Å². The Balaban J connectivity index is 2.03. The van der Waals surface area contributed by atoms with Crippen LogP contribution >= 0.6 is 0 Å². The Kier molecular flexibility index (Phi) is 5.96. The molecule has 1 aliphatic rings. The minimum atomic E-state index is 0.137. The minimum Gasteiger partial charge on any atom is -0.356 e. The summed E-state index contributed by atoms with van der Waals surface area (Å²) in [5, 5.41) is 6.19. The van der Waals surface area contributed by atoms with Crippen LogP contribution in [0.2, 0.25) is 0 Å². The lowest BCUT2D eigenvalue weighted by atomic mass is 9.82. The van der Waals surface area contributed by atoms with Crippen LogP contribution in [0.4, 0.5) is 0 Å². The van der Waals surface area contributed by atoms with Crippen molar-refractivity contribution in [2.75, 3.05) is 20.1 Å². The van der Waals surface area contributed by atoms with E-state index in [2.05, 4.69) is 24.5 Å². The molecule has 1 amide bonds. The predicted molar refractivity (Wildman–Crippen MR) is 71.9 cm³/mol. The largest absolute Gasteiger partial charge is 0.356 e. The van der Waals surface area contributed by atoms with Gasteiger partial charge in [-0.3, -0.25) is 4.79 Å². The first-order valence-electron chi connectivity index (χ1n) is 6.95. The summed E-state index contributed by atoms with van der Waals surface area (Å²) in [6, 6.07) is 0. The number of hydrogen-bond acceptors (Lipinski definition) is 2. The third kappa shape index (κ3) is 6.06. The van der Waals surface area contributed by atoms with Crippen molar-refractivity contribution >= 4 is 5.91 Å². The molecular formula is C14H28N2O. The van der Waals surface area contributed by atoms with Gasteiger partial charge in [-0.2, -0.15) is 0 Å². The summed E-state index contributed by atoms with van der Waals surface area (Å²) in [6.07, 6.45) is 7.17. The summed E-state index contributed by atoms with van der Waals surface area (Å²) >= 11 is 0. The maximum absolute atomic E-state index is 11.7. The average Bonchev–Trinajstić information content (AvgIpc) is 2.19. The van der Waals surface area contributed by atoms with Gasteiger partial charge in [0.2, 0.25) is 5.91 Å². The Hall–Kier alpha value is -0.570. The quantitative estimate of drug-likeness (QED) is 0.683. The van der Waals surface area contributed by atoms with Gasteiger partial charge < -0.3 is 10.6 Å². The van der Waals surface area contributed by atoms with E-state index >= 15 is 0 Å². The normalized spacial score (nSPS) is 16.6. The van der Waals surface area contributed by atoms with E-state index in [1.165, 1.54) is 25.7 Å². The lowest BCUT2D eigenvalue weighted by Gasteiger charge is -2.26. The van der Waals surface area contributed by atoms with Crippen LogP contribution in [0, 0.1) is 11.3 Å². The van der Waals surface area contributed by atoms with E-state index < -0.39 is 0 Å². The molecule has 3 heteroatoms. The molecule has 0 heterocycles. The van der Waals surface area contributed by atoms with Gasteiger partial charge >= 0.3 is 0 Å². The van der Waals surface area contributed by atoms with E-state index in [1.807, 2.05) is 7.05 Å². The van der Waals surface area contributed by atoms with Gasteiger partial charge in [0, 0.05) is 19.5 Å². The Morgan fingerprint density at radius 2 is 2.00 bits per heavy atom. The first-order valence-corrected chi connectivity index (χ1v) is 6.95. The summed E-state index contributed by atoms with van der Waals surface area (Å²) < 4.78 is 0. The van der Waals surface area contributed by atoms with E-state index in [0.717, 1.165) is 25.4 Å². The molecule has 0 aromatic rings. The van der Waals surface area contributed by atoms with Crippen molar-refractivity contribution in [1.82, 2.24) is 10.6 Å². The van der Waals surface area contributed by atoms with E-state index in [9.17, 15) is 4.79 Å². The number of carbonyl (C=O) groups excluding carboxylic acids is 1. The second-order valence-corrected chi connectivity index (χ2v) is 6.16. The fourth-order valence-electron chi connectivity index (χ4n) is 2.30. The smallest absolute Gasteiger partial charge is 0.220 e. The molecule has 17 heavy (non-hydrogen) atoms. The van der Waals surface area contributed by atoms with Gasteiger partial charge in [0.25, 0.3) is 0 Å². The van der Waals surface area contributed by atoms with Crippen LogP contribution in [0.25, 0.3) is 0 Å². The minimum absolute atomic E-state index is 0.137. The Bertz CT molecular complexity index is 234. The molecule has 100 valence electrons. The number of carbonyl (C=O) groups is 1. The highest BCUT2D eigenvalue weighted by Crippen LogP contribution is 2.30. The first kappa shape index (κ1) is 14.5. The molecule has 0 atom stereocenters.